The van der Waals surface area contributed by atoms with Gasteiger partial charge in [-0.2, -0.15) is 0 Å². The molecule has 0 bridgehead atoms. The van der Waals surface area contributed by atoms with Crippen molar-refractivity contribution >= 4 is 5.78 Å². The number of para-hydroxylation sites is 1. The topological polar surface area (TPSA) is 74.2 Å². The molecule has 2 aromatic rings. The second-order valence-electron chi connectivity index (χ2n) is 5.31. The SMILES string of the molecule is COc1ccccc1C1CC(=O)c2c(O)cc(OC)c(OC)c2O1. The van der Waals surface area contributed by atoms with Crippen LogP contribution in [0.25, 0.3) is 0 Å². The Labute approximate surface area is 139 Å². The van der Waals surface area contributed by atoms with Crippen molar-refractivity contribution in [3.8, 4) is 28.7 Å². The zero-order chi connectivity index (χ0) is 17.3. The Balaban J connectivity index is 2.12. The summed E-state index contributed by atoms with van der Waals surface area (Å²) < 4.78 is 21.9. The van der Waals surface area contributed by atoms with Gasteiger partial charge in [-0.15, -0.1) is 0 Å². The number of carbonyl (C=O) groups excluding carboxylic acids is 1. The molecule has 1 N–H and O–H groups in total. The van der Waals surface area contributed by atoms with Crippen molar-refractivity contribution in [1.82, 2.24) is 0 Å². The highest BCUT2D eigenvalue weighted by molar-refractivity contribution is 6.04. The molecule has 0 aliphatic carbocycles. The van der Waals surface area contributed by atoms with E-state index in [4.69, 9.17) is 18.9 Å². The summed E-state index contributed by atoms with van der Waals surface area (Å²) in [5.41, 5.74) is 0.863. The number of fused-ring (bicyclic) bond motifs is 1. The van der Waals surface area contributed by atoms with Crippen molar-refractivity contribution in [2.45, 2.75) is 12.5 Å². The zero-order valence-corrected chi connectivity index (χ0v) is 13.7. The van der Waals surface area contributed by atoms with Crippen molar-refractivity contribution in [3.63, 3.8) is 0 Å². The average Bonchev–Trinajstić information content (AvgIpc) is 2.60. The molecular weight excluding hydrogens is 312 g/mol. The van der Waals surface area contributed by atoms with Crippen LogP contribution in [0.5, 0.6) is 28.7 Å². The minimum absolute atomic E-state index is 0.0937. The third kappa shape index (κ3) is 2.50. The van der Waals surface area contributed by atoms with Crippen molar-refractivity contribution in [2.24, 2.45) is 0 Å². The van der Waals surface area contributed by atoms with Crippen molar-refractivity contribution in [2.75, 3.05) is 21.3 Å². The number of rotatable bonds is 4. The van der Waals surface area contributed by atoms with E-state index in [9.17, 15) is 9.90 Å². The van der Waals surface area contributed by atoms with Crippen LogP contribution in [0.1, 0.15) is 28.4 Å². The molecule has 1 aliphatic heterocycles. The Bertz CT molecular complexity index is 783. The highest BCUT2D eigenvalue weighted by atomic mass is 16.5. The Morgan fingerprint density at radius 2 is 1.79 bits per heavy atom. The average molecular weight is 330 g/mol. The molecule has 0 amide bonds. The number of methoxy groups -OCH3 is 3. The van der Waals surface area contributed by atoms with Crippen LogP contribution in [0.15, 0.2) is 30.3 Å². The molecule has 0 saturated heterocycles. The Morgan fingerprint density at radius 1 is 1.08 bits per heavy atom. The second kappa shape index (κ2) is 6.31. The van der Waals surface area contributed by atoms with Gasteiger partial charge in [-0.3, -0.25) is 4.79 Å². The first-order chi connectivity index (χ1) is 11.6. The Morgan fingerprint density at radius 3 is 2.46 bits per heavy atom. The molecule has 0 aromatic heterocycles. The van der Waals surface area contributed by atoms with E-state index in [2.05, 4.69) is 0 Å². The van der Waals surface area contributed by atoms with E-state index in [0.29, 0.717) is 11.5 Å². The molecule has 1 atom stereocenters. The number of ketones is 1. The van der Waals surface area contributed by atoms with Gasteiger partial charge in [0.2, 0.25) is 5.75 Å². The number of aromatic hydroxyl groups is 1. The summed E-state index contributed by atoms with van der Waals surface area (Å²) >= 11 is 0. The van der Waals surface area contributed by atoms with Crippen LogP contribution in [-0.2, 0) is 0 Å². The highest BCUT2D eigenvalue weighted by Crippen LogP contribution is 2.50. The van der Waals surface area contributed by atoms with Crippen molar-refractivity contribution in [3.05, 3.63) is 41.5 Å². The quantitative estimate of drug-likeness (QED) is 0.928. The molecular formula is C18H18O6. The van der Waals surface area contributed by atoms with Gasteiger partial charge >= 0.3 is 0 Å². The summed E-state index contributed by atoms with van der Waals surface area (Å²) in [7, 11) is 4.47. The third-order valence-electron chi connectivity index (χ3n) is 4.00. The number of benzene rings is 2. The summed E-state index contributed by atoms with van der Waals surface area (Å²) in [5.74, 6) is 0.962. The van der Waals surface area contributed by atoms with Gasteiger partial charge in [0.25, 0.3) is 0 Å². The molecule has 6 heteroatoms. The fraction of sp³-hybridized carbons (Fsp3) is 0.278. The minimum Gasteiger partial charge on any atom is -0.507 e. The second-order valence-corrected chi connectivity index (χ2v) is 5.31. The molecule has 1 aliphatic rings. The summed E-state index contributed by atoms with van der Waals surface area (Å²) in [4.78, 5) is 12.6. The summed E-state index contributed by atoms with van der Waals surface area (Å²) in [5, 5.41) is 10.2. The zero-order valence-electron chi connectivity index (χ0n) is 13.7. The molecule has 0 spiro atoms. The highest BCUT2D eigenvalue weighted by Gasteiger charge is 2.35. The van der Waals surface area contributed by atoms with Gasteiger partial charge in [0.1, 0.15) is 23.2 Å². The summed E-state index contributed by atoms with van der Waals surface area (Å²) in [6, 6.07) is 8.69. The smallest absolute Gasteiger partial charge is 0.204 e. The van der Waals surface area contributed by atoms with Gasteiger partial charge in [0, 0.05) is 11.6 Å². The van der Waals surface area contributed by atoms with Crippen molar-refractivity contribution < 1.29 is 28.8 Å². The maximum atomic E-state index is 12.6. The van der Waals surface area contributed by atoms with E-state index in [1.807, 2.05) is 18.2 Å². The molecule has 0 saturated carbocycles. The van der Waals surface area contributed by atoms with Crippen LogP contribution < -0.4 is 18.9 Å². The van der Waals surface area contributed by atoms with E-state index >= 15 is 0 Å². The lowest BCUT2D eigenvalue weighted by molar-refractivity contribution is 0.0833. The lowest BCUT2D eigenvalue weighted by Crippen LogP contribution is -2.21. The normalized spacial score (nSPS) is 16.1. The molecule has 0 fully saturated rings. The van der Waals surface area contributed by atoms with E-state index in [-0.39, 0.29) is 35.0 Å². The van der Waals surface area contributed by atoms with Crippen LogP contribution >= 0.6 is 0 Å². The summed E-state index contributed by atoms with van der Waals surface area (Å²) in [6.45, 7) is 0. The van der Waals surface area contributed by atoms with Crippen LogP contribution in [0.4, 0.5) is 0 Å². The monoisotopic (exact) mass is 330 g/mol. The molecule has 6 nitrogen and oxygen atoms in total. The first kappa shape index (κ1) is 16.0. The number of carbonyl (C=O) groups is 1. The van der Waals surface area contributed by atoms with Crippen LogP contribution in [0.3, 0.4) is 0 Å². The first-order valence-corrected chi connectivity index (χ1v) is 7.41. The lowest BCUT2D eigenvalue weighted by Gasteiger charge is -2.28. The van der Waals surface area contributed by atoms with E-state index in [1.165, 1.54) is 20.3 Å². The van der Waals surface area contributed by atoms with E-state index in [0.717, 1.165) is 5.56 Å². The third-order valence-corrected chi connectivity index (χ3v) is 4.00. The number of phenols is 1. The van der Waals surface area contributed by atoms with Gasteiger partial charge in [0.05, 0.1) is 27.8 Å². The Hall–Kier alpha value is -2.89. The largest absolute Gasteiger partial charge is 0.507 e. The van der Waals surface area contributed by atoms with Gasteiger partial charge in [0.15, 0.2) is 17.3 Å². The number of hydrogen-bond acceptors (Lipinski definition) is 6. The van der Waals surface area contributed by atoms with Crippen LogP contribution in [0, 0.1) is 0 Å². The number of ether oxygens (including phenoxy) is 4. The minimum atomic E-state index is -0.540. The van der Waals surface area contributed by atoms with Gasteiger partial charge < -0.3 is 24.1 Å². The molecule has 1 unspecified atom stereocenters. The van der Waals surface area contributed by atoms with Gasteiger partial charge in [-0.1, -0.05) is 18.2 Å². The predicted octanol–water partition coefficient (Wildman–Crippen LogP) is 3.12. The fourth-order valence-electron chi connectivity index (χ4n) is 2.89. The maximum absolute atomic E-state index is 12.6. The Kier molecular flexibility index (Phi) is 4.20. The van der Waals surface area contributed by atoms with Gasteiger partial charge in [-0.25, -0.2) is 0 Å². The summed E-state index contributed by atoms with van der Waals surface area (Å²) in [6.07, 6.45) is -0.447. The standard InChI is InChI=1S/C18H18O6/c1-21-13-7-5-4-6-10(13)14-8-11(19)16-12(20)9-15(22-2)17(23-3)18(16)24-14/h4-7,9,14,20H,8H2,1-3H3. The predicted molar refractivity (Wildman–Crippen MR) is 86.5 cm³/mol. The molecule has 2 aromatic carbocycles. The maximum Gasteiger partial charge on any atom is 0.204 e. The van der Waals surface area contributed by atoms with Crippen LogP contribution in [-0.4, -0.2) is 32.2 Å². The number of Topliss-reactive ketones (excluding diaryl/α,β-unsaturated/α-hetero) is 1. The lowest BCUT2D eigenvalue weighted by atomic mass is 9.94. The number of hydrogen-bond donors (Lipinski definition) is 1. The number of phenolic OH excluding ortho intramolecular Hbond substituents is 1. The molecule has 1 heterocycles. The first-order valence-electron chi connectivity index (χ1n) is 7.41. The van der Waals surface area contributed by atoms with E-state index < -0.39 is 6.10 Å². The molecule has 3 rings (SSSR count). The molecule has 24 heavy (non-hydrogen) atoms. The van der Waals surface area contributed by atoms with Crippen LogP contribution in [0.2, 0.25) is 0 Å². The van der Waals surface area contributed by atoms with E-state index in [1.54, 1.807) is 13.2 Å². The molecule has 126 valence electrons. The van der Waals surface area contributed by atoms with Gasteiger partial charge in [-0.05, 0) is 6.07 Å². The molecule has 0 radical (unpaired) electrons. The fourth-order valence-corrected chi connectivity index (χ4v) is 2.89. The van der Waals surface area contributed by atoms with Crippen molar-refractivity contribution in [1.29, 1.82) is 0 Å².